The monoisotopic (exact) mass is 460 g/mol. The topological polar surface area (TPSA) is 85.4 Å². The number of aromatic nitrogens is 2. The van der Waals surface area contributed by atoms with E-state index in [0.717, 1.165) is 16.9 Å². The van der Waals surface area contributed by atoms with Crippen LogP contribution in [0.4, 0.5) is 17.3 Å². The normalized spacial score (nSPS) is 10.4. The van der Waals surface area contributed by atoms with Crippen LogP contribution in [0.5, 0.6) is 11.5 Å². The van der Waals surface area contributed by atoms with Crippen LogP contribution in [0.25, 0.3) is 11.3 Å². The van der Waals surface area contributed by atoms with Crippen molar-refractivity contribution >= 4 is 34.8 Å². The maximum absolute atomic E-state index is 12.5. The lowest BCUT2D eigenvalue weighted by atomic mass is 10.1. The van der Waals surface area contributed by atoms with Gasteiger partial charge in [-0.05, 0) is 66.7 Å². The first kappa shape index (κ1) is 22.1. The number of hydrogen-bond donors (Lipinski definition) is 2. The molecule has 1 heterocycles. The predicted molar refractivity (Wildman–Crippen MR) is 130 cm³/mol. The second-order valence-electron chi connectivity index (χ2n) is 7.00. The molecule has 0 bridgehead atoms. The number of rotatable bonds is 7. The first-order chi connectivity index (χ1) is 16.1. The van der Waals surface area contributed by atoms with E-state index in [2.05, 4.69) is 20.6 Å². The fourth-order valence-corrected chi connectivity index (χ4v) is 3.31. The summed E-state index contributed by atoms with van der Waals surface area (Å²) in [5.41, 5.74) is 3.47. The van der Waals surface area contributed by atoms with Crippen molar-refractivity contribution in [2.75, 3.05) is 24.9 Å². The van der Waals surface area contributed by atoms with Crippen molar-refractivity contribution in [3.63, 3.8) is 0 Å². The second kappa shape index (κ2) is 10.0. The molecule has 0 aliphatic rings. The van der Waals surface area contributed by atoms with Gasteiger partial charge in [-0.1, -0.05) is 17.7 Å². The molecular weight excluding hydrogens is 440 g/mol. The second-order valence-corrected chi connectivity index (χ2v) is 7.44. The van der Waals surface area contributed by atoms with Gasteiger partial charge in [0.1, 0.15) is 0 Å². The van der Waals surface area contributed by atoms with Gasteiger partial charge in [0, 0.05) is 33.7 Å². The van der Waals surface area contributed by atoms with Crippen molar-refractivity contribution in [1.29, 1.82) is 0 Å². The quantitative estimate of drug-likeness (QED) is 0.362. The van der Waals surface area contributed by atoms with Crippen LogP contribution in [-0.4, -0.2) is 30.1 Å². The summed E-state index contributed by atoms with van der Waals surface area (Å²) in [6.45, 7) is 0. The Labute approximate surface area is 196 Å². The minimum atomic E-state index is -0.226. The van der Waals surface area contributed by atoms with E-state index in [-0.39, 0.29) is 5.91 Å². The van der Waals surface area contributed by atoms with Gasteiger partial charge in [-0.2, -0.15) is 0 Å². The van der Waals surface area contributed by atoms with E-state index in [1.54, 1.807) is 56.8 Å². The largest absolute Gasteiger partial charge is 0.493 e. The molecule has 0 aliphatic heterocycles. The molecule has 33 heavy (non-hydrogen) atoms. The van der Waals surface area contributed by atoms with Crippen molar-refractivity contribution in [3.05, 3.63) is 89.6 Å². The standard InChI is InChI=1S/C25H21ClN4O3/c1-32-22-11-8-17(14-23(22)33-2)21-12-13-27-25(30-21)29-20-5-3-4-19(15-20)28-24(31)16-6-9-18(26)10-7-16/h3-15H,1-2H3,(H,28,31)(H,27,29,30). The van der Waals surface area contributed by atoms with Crippen LogP contribution in [-0.2, 0) is 0 Å². The van der Waals surface area contributed by atoms with E-state index in [1.165, 1.54) is 0 Å². The maximum Gasteiger partial charge on any atom is 0.255 e. The summed E-state index contributed by atoms with van der Waals surface area (Å²) >= 11 is 5.89. The maximum atomic E-state index is 12.5. The van der Waals surface area contributed by atoms with Gasteiger partial charge < -0.3 is 20.1 Å². The highest BCUT2D eigenvalue weighted by Gasteiger charge is 2.10. The van der Waals surface area contributed by atoms with Crippen LogP contribution >= 0.6 is 11.6 Å². The zero-order valence-electron chi connectivity index (χ0n) is 18.0. The highest BCUT2D eigenvalue weighted by atomic mass is 35.5. The van der Waals surface area contributed by atoms with Crippen LogP contribution in [0.2, 0.25) is 5.02 Å². The highest BCUT2D eigenvalue weighted by Crippen LogP contribution is 2.32. The van der Waals surface area contributed by atoms with Crippen LogP contribution in [0.15, 0.2) is 79.0 Å². The minimum absolute atomic E-state index is 0.226. The van der Waals surface area contributed by atoms with Gasteiger partial charge in [0.25, 0.3) is 5.91 Å². The minimum Gasteiger partial charge on any atom is -0.493 e. The Morgan fingerprint density at radius 2 is 1.64 bits per heavy atom. The van der Waals surface area contributed by atoms with Crippen LogP contribution < -0.4 is 20.1 Å². The lowest BCUT2D eigenvalue weighted by Gasteiger charge is -2.11. The third-order valence-corrected chi connectivity index (χ3v) is 5.07. The lowest BCUT2D eigenvalue weighted by Crippen LogP contribution is -2.11. The Hall–Kier alpha value is -4.10. The van der Waals surface area contributed by atoms with E-state index in [0.29, 0.717) is 33.7 Å². The number of benzene rings is 3. The molecule has 8 heteroatoms. The van der Waals surface area contributed by atoms with E-state index in [4.69, 9.17) is 21.1 Å². The summed E-state index contributed by atoms with van der Waals surface area (Å²) in [5.74, 6) is 1.46. The number of hydrogen-bond acceptors (Lipinski definition) is 6. The van der Waals surface area contributed by atoms with E-state index >= 15 is 0 Å². The number of nitrogens with zero attached hydrogens (tertiary/aromatic N) is 2. The smallest absolute Gasteiger partial charge is 0.255 e. The van der Waals surface area contributed by atoms with Gasteiger partial charge in [0.05, 0.1) is 19.9 Å². The zero-order valence-corrected chi connectivity index (χ0v) is 18.8. The number of carbonyl (C=O) groups excluding carboxylic acids is 1. The molecule has 4 rings (SSSR count). The third kappa shape index (κ3) is 5.39. The highest BCUT2D eigenvalue weighted by molar-refractivity contribution is 6.30. The van der Waals surface area contributed by atoms with Gasteiger partial charge in [-0.3, -0.25) is 4.79 Å². The van der Waals surface area contributed by atoms with Crippen molar-refractivity contribution in [2.45, 2.75) is 0 Å². The molecule has 0 aliphatic carbocycles. The summed E-state index contributed by atoms with van der Waals surface area (Å²) in [4.78, 5) is 21.4. The molecule has 0 saturated carbocycles. The fourth-order valence-electron chi connectivity index (χ4n) is 3.18. The molecule has 0 radical (unpaired) electrons. The van der Waals surface area contributed by atoms with E-state index in [9.17, 15) is 4.79 Å². The van der Waals surface area contributed by atoms with E-state index < -0.39 is 0 Å². The Balaban J connectivity index is 1.51. The van der Waals surface area contributed by atoms with Crippen LogP contribution in [0.3, 0.4) is 0 Å². The van der Waals surface area contributed by atoms with Gasteiger partial charge in [0.15, 0.2) is 11.5 Å². The molecule has 1 aromatic heterocycles. The average Bonchev–Trinajstić information content (AvgIpc) is 2.84. The number of halogens is 1. The van der Waals surface area contributed by atoms with Crippen LogP contribution in [0, 0.1) is 0 Å². The molecule has 166 valence electrons. The van der Waals surface area contributed by atoms with Crippen molar-refractivity contribution in [2.24, 2.45) is 0 Å². The van der Waals surface area contributed by atoms with Gasteiger partial charge >= 0.3 is 0 Å². The molecule has 0 spiro atoms. The van der Waals surface area contributed by atoms with Crippen molar-refractivity contribution < 1.29 is 14.3 Å². The number of ether oxygens (including phenoxy) is 2. The first-order valence-electron chi connectivity index (χ1n) is 10.0. The summed E-state index contributed by atoms with van der Waals surface area (Å²) in [5, 5.41) is 6.63. The van der Waals surface area contributed by atoms with Gasteiger partial charge in [0.2, 0.25) is 5.95 Å². The molecule has 3 aromatic carbocycles. The van der Waals surface area contributed by atoms with Gasteiger partial charge in [-0.25, -0.2) is 9.97 Å². The van der Waals surface area contributed by atoms with Crippen molar-refractivity contribution in [1.82, 2.24) is 9.97 Å². The molecule has 7 nitrogen and oxygen atoms in total. The summed E-state index contributed by atoms with van der Waals surface area (Å²) in [7, 11) is 3.18. The SMILES string of the molecule is COc1ccc(-c2ccnc(Nc3cccc(NC(=O)c4ccc(Cl)cc4)c3)n2)cc1OC. The van der Waals surface area contributed by atoms with Gasteiger partial charge in [-0.15, -0.1) is 0 Å². The Bertz CT molecular complexity index is 1280. The molecule has 1 amide bonds. The molecular formula is C25H21ClN4O3. The van der Waals surface area contributed by atoms with Crippen LogP contribution in [0.1, 0.15) is 10.4 Å². The molecule has 0 saturated heterocycles. The number of nitrogens with one attached hydrogen (secondary N) is 2. The first-order valence-corrected chi connectivity index (χ1v) is 10.4. The average molecular weight is 461 g/mol. The number of anilines is 3. The fraction of sp³-hybridized carbons (Fsp3) is 0.0800. The Morgan fingerprint density at radius 1 is 0.879 bits per heavy atom. The molecule has 0 unspecified atom stereocenters. The number of methoxy groups -OCH3 is 2. The molecule has 0 fully saturated rings. The third-order valence-electron chi connectivity index (χ3n) is 4.82. The molecule has 0 atom stereocenters. The zero-order chi connectivity index (χ0) is 23.2. The predicted octanol–water partition coefficient (Wildman–Crippen LogP) is 5.81. The molecule has 2 N–H and O–H groups in total. The Kier molecular flexibility index (Phi) is 6.71. The summed E-state index contributed by atoms with van der Waals surface area (Å²) < 4.78 is 10.7. The number of amides is 1. The number of carbonyl (C=O) groups is 1. The molecule has 4 aromatic rings. The lowest BCUT2D eigenvalue weighted by molar-refractivity contribution is 0.102. The summed E-state index contributed by atoms with van der Waals surface area (Å²) in [6, 6.07) is 21.4. The van der Waals surface area contributed by atoms with E-state index in [1.807, 2.05) is 36.4 Å². The van der Waals surface area contributed by atoms with Crippen molar-refractivity contribution in [3.8, 4) is 22.8 Å². The summed E-state index contributed by atoms with van der Waals surface area (Å²) in [6.07, 6.45) is 1.67. The Morgan fingerprint density at radius 3 is 2.39 bits per heavy atom.